The zero-order valence-electron chi connectivity index (χ0n) is 13.0. The Kier molecular flexibility index (Phi) is 4.50. The first-order valence-electron chi connectivity index (χ1n) is 7.58. The molecule has 0 aromatic carbocycles. The van der Waals surface area contributed by atoms with E-state index in [4.69, 9.17) is 5.11 Å². The summed E-state index contributed by atoms with van der Waals surface area (Å²) < 4.78 is 0. The number of hydrogen-bond acceptors (Lipinski definition) is 5. The molecule has 0 spiro atoms. The summed E-state index contributed by atoms with van der Waals surface area (Å²) in [6.07, 6.45) is 4.36. The van der Waals surface area contributed by atoms with Crippen molar-refractivity contribution < 1.29 is 14.7 Å². The van der Waals surface area contributed by atoms with E-state index in [1.807, 2.05) is 12.3 Å². The predicted molar refractivity (Wildman–Crippen MR) is 90.7 cm³/mol. The van der Waals surface area contributed by atoms with Crippen LogP contribution in [0.4, 0.5) is 0 Å². The summed E-state index contributed by atoms with van der Waals surface area (Å²) in [5, 5.41) is 14.6. The number of nitrogens with zero attached hydrogens (tertiary/aromatic N) is 1. The number of amides is 1. The molecule has 2 aromatic rings. The van der Waals surface area contributed by atoms with Crippen LogP contribution in [0, 0.1) is 6.92 Å². The first-order chi connectivity index (χ1) is 11.0. The van der Waals surface area contributed by atoms with Crippen molar-refractivity contribution in [1.82, 2.24) is 10.3 Å². The Bertz CT molecular complexity index is 763. The molecule has 1 unspecified atom stereocenters. The molecule has 3 rings (SSSR count). The molecule has 2 heterocycles. The number of aromatic nitrogens is 1. The highest BCUT2D eigenvalue weighted by Gasteiger charge is 2.23. The van der Waals surface area contributed by atoms with Crippen molar-refractivity contribution in [2.24, 2.45) is 0 Å². The van der Waals surface area contributed by atoms with Crippen LogP contribution in [0.25, 0.3) is 0 Å². The minimum atomic E-state index is -0.975. The van der Waals surface area contributed by atoms with E-state index in [0.717, 1.165) is 36.2 Å². The van der Waals surface area contributed by atoms with Crippen LogP contribution in [-0.4, -0.2) is 22.0 Å². The molecule has 1 amide bonds. The largest absolute Gasteiger partial charge is 0.477 e. The number of aryl methyl sites for hydroxylation is 2. The van der Waals surface area contributed by atoms with Gasteiger partial charge in [-0.2, -0.15) is 0 Å². The van der Waals surface area contributed by atoms with Crippen molar-refractivity contribution in [3.05, 3.63) is 37.0 Å². The third kappa shape index (κ3) is 3.16. The average Bonchev–Trinajstić information content (AvgIpc) is 3.10. The lowest BCUT2D eigenvalue weighted by molar-refractivity contribution is 0.0701. The average molecular weight is 350 g/mol. The van der Waals surface area contributed by atoms with Crippen LogP contribution in [-0.2, 0) is 12.8 Å². The van der Waals surface area contributed by atoms with E-state index in [1.165, 1.54) is 16.9 Å². The van der Waals surface area contributed by atoms with Crippen molar-refractivity contribution in [2.45, 2.75) is 45.6 Å². The summed E-state index contributed by atoms with van der Waals surface area (Å²) >= 11 is 2.78. The van der Waals surface area contributed by atoms with E-state index < -0.39 is 5.97 Å². The van der Waals surface area contributed by atoms with Gasteiger partial charge in [-0.25, -0.2) is 9.78 Å². The van der Waals surface area contributed by atoms with E-state index in [2.05, 4.69) is 10.3 Å². The van der Waals surface area contributed by atoms with Crippen molar-refractivity contribution in [1.29, 1.82) is 0 Å². The van der Waals surface area contributed by atoms with Gasteiger partial charge >= 0.3 is 5.97 Å². The summed E-state index contributed by atoms with van der Waals surface area (Å²) in [7, 11) is 0. The second kappa shape index (κ2) is 6.41. The molecule has 0 saturated heterocycles. The Hall–Kier alpha value is -1.73. The molecule has 122 valence electrons. The molecule has 2 N–H and O–H groups in total. The maximum atomic E-state index is 12.5. The first-order valence-corrected chi connectivity index (χ1v) is 9.27. The Morgan fingerprint density at radius 2 is 2.09 bits per heavy atom. The number of carbonyl (C=O) groups is 2. The van der Waals surface area contributed by atoms with Crippen LogP contribution >= 0.6 is 22.7 Å². The van der Waals surface area contributed by atoms with Gasteiger partial charge in [0.05, 0.1) is 17.3 Å². The molecule has 0 fully saturated rings. The topological polar surface area (TPSA) is 79.3 Å². The van der Waals surface area contributed by atoms with Crippen LogP contribution in [0.5, 0.6) is 0 Å². The van der Waals surface area contributed by atoms with Gasteiger partial charge in [0.1, 0.15) is 9.88 Å². The van der Waals surface area contributed by atoms with Crippen molar-refractivity contribution in [2.75, 3.05) is 0 Å². The normalized spacial score (nSPS) is 15.0. The summed E-state index contributed by atoms with van der Waals surface area (Å²) in [6, 6.07) is -0.307. The third-order valence-electron chi connectivity index (χ3n) is 4.03. The van der Waals surface area contributed by atoms with Crippen molar-refractivity contribution in [3.8, 4) is 0 Å². The fourth-order valence-corrected chi connectivity index (χ4v) is 4.86. The highest BCUT2D eigenvalue weighted by Crippen LogP contribution is 2.31. The van der Waals surface area contributed by atoms with Gasteiger partial charge in [-0.05, 0) is 45.1 Å². The van der Waals surface area contributed by atoms with Crippen LogP contribution in [0.2, 0.25) is 0 Å². The van der Waals surface area contributed by atoms with E-state index in [1.54, 1.807) is 18.3 Å². The third-order valence-corrected chi connectivity index (χ3v) is 6.45. The van der Waals surface area contributed by atoms with Gasteiger partial charge < -0.3 is 10.4 Å². The van der Waals surface area contributed by atoms with Gasteiger partial charge in [0, 0.05) is 10.3 Å². The van der Waals surface area contributed by atoms with Gasteiger partial charge in [0.2, 0.25) is 0 Å². The first kappa shape index (κ1) is 16.1. The smallest absolute Gasteiger partial charge is 0.347 e. The van der Waals surface area contributed by atoms with Gasteiger partial charge in [-0.15, -0.1) is 22.7 Å². The molecule has 1 aliphatic rings. The lowest BCUT2D eigenvalue weighted by atomic mass is 9.95. The zero-order valence-corrected chi connectivity index (χ0v) is 14.6. The minimum Gasteiger partial charge on any atom is -0.477 e. The second-order valence-electron chi connectivity index (χ2n) is 5.73. The maximum absolute atomic E-state index is 12.5. The minimum absolute atomic E-state index is 0.0957. The molecule has 7 heteroatoms. The number of thiophene rings is 1. The van der Waals surface area contributed by atoms with Crippen LogP contribution in [0.15, 0.2) is 5.38 Å². The highest BCUT2D eigenvalue weighted by atomic mass is 32.1. The number of rotatable bonds is 4. The van der Waals surface area contributed by atoms with Crippen molar-refractivity contribution >= 4 is 34.6 Å². The van der Waals surface area contributed by atoms with Crippen LogP contribution in [0.3, 0.4) is 0 Å². The van der Waals surface area contributed by atoms with Crippen molar-refractivity contribution in [3.63, 3.8) is 0 Å². The second-order valence-corrected chi connectivity index (χ2v) is 7.72. The SMILES string of the molecule is Cc1nc(C(C)NC(=O)c2csc3c2CCCC3)sc1C(=O)O. The molecule has 0 bridgehead atoms. The maximum Gasteiger partial charge on any atom is 0.347 e. The lowest BCUT2D eigenvalue weighted by Crippen LogP contribution is -2.27. The summed E-state index contributed by atoms with van der Waals surface area (Å²) in [6.45, 7) is 3.51. The molecule has 2 aromatic heterocycles. The molecule has 1 aliphatic carbocycles. The van der Waals surface area contributed by atoms with E-state index in [9.17, 15) is 9.59 Å². The predicted octanol–water partition coefficient (Wildman–Crippen LogP) is 3.58. The number of thiazole rings is 1. The van der Waals surface area contributed by atoms with E-state index in [0.29, 0.717) is 10.7 Å². The molecular formula is C16H18N2O3S2. The molecular weight excluding hydrogens is 332 g/mol. The number of nitrogens with one attached hydrogen (secondary N) is 1. The monoisotopic (exact) mass is 350 g/mol. The Balaban J connectivity index is 1.76. The number of carboxylic acids is 1. The quantitative estimate of drug-likeness (QED) is 0.883. The van der Waals surface area contributed by atoms with Crippen LogP contribution < -0.4 is 5.32 Å². The Morgan fingerprint density at radius 3 is 2.78 bits per heavy atom. The van der Waals surface area contributed by atoms with Gasteiger partial charge in [-0.1, -0.05) is 0 Å². The molecule has 1 atom stereocenters. The Morgan fingerprint density at radius 1 is 1.35 bits per heavy atom. The number of carbonyl (C=O) groups excluding carboxylic acids is 1. The summed E-state index contributed by atoms with van der Waals surface area (Å²) in [4.78, 5) is 29.5. The molecule has 0 radical (unpaired) electrons. The van der Waals surface area contributed by atoms with E-state index in [-0.39, 0.29) is 16.8 Å². The standard InChI is InChI=1S/C16H18N2O3S2/c1-8-13(16(20)21)23-15(18-8)9(2)17-14(19)11-7-22-12-6-4-3-5-10(11)12/h7,9H,3-6H2,1-2H3,(H,17,19)(H,20,21). The number of aromatic carboxylic acids is 1. The molecule has 0 saturated carbocycles. The number of carboxylic acid groups (broad SMARTS) is 1. The Labute approximate surface area is 142 Å². The number of fused-ring (bicyclic) bond motifs is 1. The van der Waals surface area contributed by atoms with Gasteiger partial charge in [0.25, 0.3) is 5.91 Å². The lowest BCUT2D eigenvalue weighted by Gasteiger charge is -2.14. The van der Waals surface area contributed by atoms with E-state index >= 15 is 0 Å². The summed E-state index contributed by atoms with van der Waals surface area (Å²) in [5.41, 5.74) is 2.45. The molecule has 23 heavy (non-hydrogen) atoms. The fraction of sp³-hybridized carbons (Fsp3) is 0.438. The molecule has 5 nitrogen and oxygen atoms in total. The fourth-order valence-electron chi connectivity index (χ4n) is 2.82. The highest BCUT2D eigenvalue weighted by molar-refractivity contribution is 7.13. The van der Waals surface area contributed by atoms with Gasteiger partial charge in [-0.3, -0.25) is 4.79 Å². The molecule has 0 aliphatic heterocycles. The van der Waals surface area contributed by atoms with Crippen LogP contribution in [0.1, 0.15) is 67.0 Å². The summed E-state index contributed by atoms with van der Waals surface area (Å²) in [5.74, 6) is -1.07. The number of hydrogen-bond donors (Lipinski definition) is 2. The zero-order chi connectivity index (χ0) is 16.6. The van der Waals surface area contributed by atoms with Gasteiger partial charge in [0.15, 0.2) is 0 Å².